The fraction of sp³-hybridized carbons (Fsp3) is 0.583. The van der Waals surface area contributed by atoms with Gasteiger partial charge in [-0.2, -0.15) is 0 Å². The third-order valence-electron chi connectivity index (χ3n) is 6.06. The van der Waals surface area contributed by atoms with Gasteiger partial charge in [0.2, 0.25) is 0 Å². The van der Waals surface area contributed by atoms with E-state index in [0.29, 0.717) is 56.9 Å². The average Bonchev–Trinajstić information content (AvgIpc) is 2.79. The molecule has 2 aliphatic heterocycles. The molecule has 0 N–H and O–H groups in total. The molecule has 1 aromatic carbocycles. The molecule has 6 nitrogen and oxygen atoms in total. The Morgan fingerprint density at radius 1 is 1.30 bits per heavy atom. The lowest BCUT2D eigenvalue weighted by molar-refractivity contribution is -0.162. The van der Waals surface area contributed by atoms with E-state index in [1.165, 1.54) is 0 Å². The number of likely N-dealkylation sites (tertiary alicyclic amines) is 1. The molecule has 2 aliphatic rings. The summed E-state index contributed by atoms with van der Waals surface area (Å²) in [6, 6.07) is 7.20. The summed E-state index contributed by atoms with van der Waals surface area (Å²) in [6.07, 6.45) is 6.86. The maximum Gasteiger partial charge on any atom is 0.312 e. The molecule has 0 unspecified atom stereocenters. The van der Waals surface area contributed by atoms with Gasteiger partial charge in [-0.15, -0.1) is 0 Å². The Bertz CT molecular complexity index is 733. The van der Waals surface area contributed by atoms with Crippen molar-refractivity contribution >= 4 is 11.9 Å². The summed E-state index contributed by atoms with van der Waals surface area (Å²) < 4.78 is 16.9. The quantitative estimate of drug-likeness (QED) is 0.474. The Hall–Kier alpha value is -2.34. The SMILES string of the molecule is C=CCOc1cccc(C(=O)N2CCC(C[C@@H]3CCCCO3)(C(=O)OCC)CC2)c1. The number of carbonyl (C=O) groups is 2. The van der Waals surface area contributed by atoms with Crippen LogP contribution in [0.4, 0.5) is 0 Å². The number of rotatable bonds is 8. The van der Waals surface area contributed by atoms with Gasteiger partial charge in [0.15, 0.2) is 0 Å². The molecule has 0 aromatic heterocycles. The summed E-state index contributed by atoms with van der Waals surface area (Å²) in [5.41, 5.74) is 0.0276. The van der Waals surface area contributed by atoms with Gasteiger partial charge < -0.3 is 19.1 Å². The van der Waals surface area contributed by atoms with Crippen LogP contribution in [-0.2, 0) is 14.3 Å². The van der Waals surface area contributed by atoms with Crippen LogP contribution < -0.4 is 4.74 Å². The predicted octanol–water partition coefficient (Wildman–Crippen LogP) is 4.00. The predicted molar refractivity (Wildman–Crippen MR) is 115 cm³/mol. The van der Waals surface area contributed by atoms with Gasteiger partial charge >= 0.3 is 5.97 Å². The molecule has 2 saturated heterocycles. The van der Waals surface area contributed by atoms with Gasteiger partial charge in [-0.25, -0.2) is 0 Å². The van der Waals surface area contributed by atoms with Crippen LogP contribution >= 0.6 is 0 Å². The second-order valence-electron chi connectivity index (χ2n) is 8.11. The standard InChI is InChI=1S/C24H33NO5/c1-3-15-29-20-10-7-8-19(17-20)22(26)25-13-11-24(12-14-25,23(27)28-4-2)18-21-9-5-6-16-30-21/h3,7-8,10,17,21H,1,4-6,9,11-16,18H2,2H3/t21-/m0/s1. The number of hydrogen-bond acceptors (Lipinski definition) is 5. The van der Waals surface area contributed by atoms with E-state index >= 15 is 0 Å². The average molecular weight is 416 g/mol. The zero-order valence-electron chi connectivity index (χ0n) is 17.9. The molecule has 0 spiro atoms. The van der Waals surface area contributed by atoms with Crippen LogP contribution in [0.3, 0.4) is 0 Å². The van der Waals surface area contributed by atoms with Gasteiger partial charge in [-0.05, 0) is 63.6 Å². The number of nitrogens with zero attached hydrogens (tertiary/aromatic N) is 1. The number of esters is 1. The Balaban J connectivity index is 1.67. The second-order valence-corrected chi connectivity index (χ2v) is 8.11. The molecular weight excluding hydrogens is 382 g/mol. The van der Waals surface area contributed by atoms with Gasteiger partial charge in [-0.1, -0.05) is 18.7 Å². The minimum atomic E-state index is -0.566. The van der Waals surface area contributed by atoms with Gasteiger partial charge in [-0.3, -0.25) is 9.59 Å². The van der Waals surface area contributed by atoms with Gasteiger partial charge in [0.05, 0.1) is 18.1 Å². The third kappa shape index (κ3) is 5.42. The Morgan fingerprint density at radius 2 is 2.10 bits per heavy atom. The highest BCUT2D eigenvalue weighted by Gasteiger charge is 2.45. The van der Waals surface area contributed by atoms with Crippen molar-refractivity contribution in [3.63, 3.8) is 0 Å². The number of piperidine rings is 1. The monoisotopic (exact) mass is 415 g/mol. The molecule has 0 bridgehead atoms. The molecule has 1 aromatic rings. The Labute approximate surface area is 179 Å². The molecule has 0 saturated carbocycles. The van der Waals surface area contributed by atoms with E-state index in [0.717, 1.165) is 25.9 Å². The topological polar surface area (TPSA) is 65.1 Å². The maximum absolute atomic E-state index is 13.0. The molecule has 1 atom stereocenters. The molecule has 0 aliphatic carbocycles. The van der Waals surface area contributed by atoms with E-state index < -0.39 is 5.41 Å². The van der Waals surface area contributed by atoms with Gasteiger partial charge in [0.1, 0.15) is 12.4 Å². The summed E-state index contributed by atoms with van der Waals surface area (Å²) >= 11 is 0. The summed E-state index contributed by atoms with van der Waals surface area (Å²) in [6.45, 7) is 8.06. The van der Waals surface area contributed by atoms with Crippen LogP contribution in [0, 0.1) is 5.41 Å². The number of hydrogen-bond donors (Lipinski definition) is 0. The van der Waals surface area contributed by atoms with Crippen LogP contribution in [0.25, 0.3) is 0 Å². The smallest absolute Gasteiger partial charge is 0.312 e. The van der Waals surface area contributed by atoms with E-state index in [-0.39, 0.29) is 18.0 Å². The van der Waals surface area contributed by atoms with Crippen molar-refractivity contribution in [1.29, 1.82) is 0 Å². The normalized spacial score (nSPS) is 21.0. The lowest BCUT2D eigenvalue weighted by atomic mass is 9.73. The largest absolute Gasteiger partial charge is 0.490 e. The Kier molecular flexibility index (Phi) is 7.91. The summed E-state index contributed by atoms with van der Waals surface area (Å²) in [5, 5.41) is 0. The molecule has 30 heavy (non-hydrogen) atoms. The van der Waals surface area contributed by atoms with Crippen molar-refractivity contribution in [2.24, 2.45) is 5.41 Å². The summed E-state index contributed by atoms with van der Waals surface area (Å²) in [4.78, 5) is 27.7. The van der Waals surface area contributed by atoms with Crippen molar-refractivity contribution in [1.82, 2.24) is 4.90 Å². The Morgan fingerprint density at radius 3 is 2.77 bits per heavy atom. The first-order valence-electron chi connectivity index (χ1n) is 11.0. The lowest BCUT2D eigenvalue weighted by Crippen LogP contribution is -2.49. The highest BCUT2D eigenvalue weighted by molar-refractivity contribution is 5.94. The van der Waals surface area contributed by atoms with Crippen molar-refractivity contribution < 1.29 is 23.8 Å². The molecule has 2 heterocycles. The van der Waals surface area contributed by atoms with E-state index in [9.17, 15) is 9.59 Å². The summed E-state index contributed by atoms with van der Waals surface area (Å²) in [5.74, 6) is 0.463. The third-order valence-corrected chi connectivity index (χ3v) is 6.06. The minimum Gasteiger partial charge on any atom is -0.490 e. The molecule has 1 amide bonds. The zero-order chi connectivity index (χ0) is 21.4. The van der Waals surface area contributed by atoms with Crippen molar-refractivity contribution in [3.8, 4) is 5.75 Å². The minimum absolute atomic E-state index is 0.0366. The van der Waals surface area contributed by atoms with Crippen molar-refractivity contribution in [2.45, 2.75) is 51.6 Å². The van der Waals surface area contributed by atoms with Crippen LogP contribution in [0.5, 0.6) is 5.75 Å². The highest BCUT2D eigenvalue weighted by atomic mass is 16.5. The second kappa shape index (κ2) is 10.6. The molecular formula is C24H33NO5. The number of amides is 1. The van der Waals surface area contributed by atoms with Crippen LogP contribution in [-0.4, -0.2) is 55.8 Å². The molecule has 0 radical (unpaired) electrons. The van der Waals surface area contributed by atoms with Crippen LogP contribution in [0.1, 0.15) is 55.8 Å². The highest BCUT2D eigenvalue weighted by Crippen LogP contribution is 2.40. The first kappa shape index (κ1) is 22.3. The van der Waals surface area contributed by atoms with Crippen molar-refractivity contribution in [2.75, 3.05) is 32.9 Å². The fourth-order valence-corrected chi connectivity index (χ4v) is 4.37. The molecule has 3 rings (SSSR count). The van der Waals surface area contributed by atoms with E-state index in [2.05, 4.69) is 6.58 Å². The van der Waals surface area contributed by atoms with Crippen molar-refractivity contribution in [3.05, 3.63) is 42.5 Å². The van der Waals surface area contributed by atoms with E-state index in [1.54, 1.807) is 18.2 Å². The van der Waals surface area contributed by atoms with E-state index in [4.69, 9.17) is 14.2 Å². The molecule has 164 valence electrons. The number of ether oxygens (including phenoxy) is 3. The van der Waals surface area contributed by atoms with E-state index in [1.807, 2.05) is 24.0 Å². The zero-order valence-corrected chi connectivity index (χ0v) is 17.9. The first-order valence-corrected chi connectivity index (χ1v) is 11.0. The maximum atomic E-state index is 13.0. The lowest BCUT2D eigenvalue weighted by Gasteiger charge is -2.42. The molecule has 6 heteroatoms. The summed E-state index contributed by atoms with van der Waals surface area (Å²) in [7, 11) is 0. The van der Waals surface area contributed by atoms with Crippen LogP contribution in [0.15, 0.2) is 36.9 Å². The molecule has 2 fully saturated rings. The van der Waals surface area contributed by atoms with Crippen LogP contribution in [0.2, 0.25) is 0 Å². The van der Waals surface area contributed by atoms with Gasteiger partial charge in [0.25, 0.3) is 5.91 Å². The number of benzene rings is 1. The fourth-order valence-electron chi connectivity index (χ4n) is 4.37. The van der Waals surface area contributed by atoms with Gasteiger partial charge in [0, 0.05) is 25.3 Å². The number of carbonyl (C=O) groups excluding carboxylic acids is 2. The first-order chi connectivity index (χ1) is 14.6.